The van der Waals surface area contributed by atoms with Gasteiger partial charge in [-0.3, -0.25) is 0 Å². The first kappa shape index (κ1) is 11.7. The number of hydrogen-bond donors (Lipinski definition) is 2. The lowest BCUT2D eigenvalue weighted by Crippen LogP contribution is -2.33. The van der Waals surface area contributed by atoms with E-state index in [1.54, 1.807) is 11.3 Å². The van der Waals surface area contributed by atoms with Crippen LogP contribution in [0, 0.1) is 6.92 Å². The van der Waals surface area contributed by atoms with E-state index < -0.39 is 0 Å². The number of hydrogen-bond acceptors (Lipinski definition) is 3. The van der Waals surface area contributed by atoms with Crippen molar-refractivity contribution in [3.63, 3.8) is 0 Å². The second-order valence-corrected chi connectivity index (χ2v) is 4.50. The molecule has 1 aromatic rings. The van der Waals surface area contributed by atoms with Crippen molar-refractivity contribution >= 4 is 11.3 Å². The molecule has 3 N–H and O–H groups in total. The Bertz CT molecular complexity index is 258. The van der Waals surface area contributed by atoms with E-state index in [1.807, 2.05) is 0 Å². The molecular formula is C11H20N2S. The minimum Gasteiger partial charge on any atom is -0.327 e. The van der Waals surface area contributed by atoms with Crippen molar-refractivity contribution in [2.24, 2.45) is 5.73 Å². The number of thiophene rings is 1. The summed E-state index contributed by atoms with van der Waals surface area (Å²) in [6.07, 6.45) is 2.27. The van der Waals surface area contributed by atoms with Gasteiger partial charge in [-0.1, -0.05) is 13.3 Å². The largest absolute Gasteiger partial charge is 0.327 e. The third-order valence-corrected chi connectivity index (χ3v) is 3.25. The molecule has 0 aliphatic heterocycles. The van der Waals surface area contributed by atoms with Gasteiger partial charge in [0.2, 0.25) is 0 Å². The highest BCUT2D eigenvalue weighted by Gasteiger charge is 2.01. The van der Waals surface area contributed by atoms with Gasteiger partial charge in [-0.05, 0) is 35.2 Å². The quantitative estimate of drug-likeness (QED) is 0.759. The monoisotopic (exact) mass is 212 g/mol. The van der Waals surface area contributed by atoms with Crippen molar-refractivity contribution in [3.05, 3.63) is 21.9 Å². The predicted molar refractivity (Wildman–Crippen MR) is 63.6 cm³/mol. The van der Waals surface area contributed by atoms with Crippen LogP contribution in [-0.4, -0.2) is 12.6 Å². The SMILES string of the molecule is CCCC(N)CNCc1cscc1C. The molecule has 0 aliphatic rings. The van der Waals surface area contributed by atoms with E-state index >= 15 is 0 Å². The molecule has 1 unspecified atom stereocenters. The Labute approximate surface area is 90.5 Å². The van der Waals surface area contributed by atoms with Crippen LogP contribution in [0.1, 0.15) is 30.9 Å². The lowest BCUT2D eigenvalue weighted by atomic mass is 10.1. The molecule has 1 rings (SSSR count). The smallest absolute Gasteiger partial charge is 0.0217 e. The fraction of sp³-hybridized carbons (Fsp3) is 0.636. The van der Waals surface area contributed by atoms with Gasteiger partial charge >= 0.3 is 0 Å². The maximum atomic E-state index is 5.90. The van der Waals surface area contributed by atoms with Crippen molar-refractivity contribution in [1.82, 2.24) is 5.32 Å². The molecule has 0 radical (unpaired) electrons. The molecule has 1 atom stereocenters. The first-order valence-corrected chi connectivity index (χ1v) is 6.16. The highest BCUT2D eigenvalue weighted by atomic mass is 32.1. The lowest BCUT2D eigenvalue weighted by molar-refractivity contribution is 0.538. The zero-order chi connectivity index (χ0) is 10.4. The van der Waals surface area contributed by atoms with E-state index in [0.29, 0.717) is 6.04 Å². The maximum absolute atomic E-state index is 5.90. The number of nitrogens with two attached hydrogens (primary N) is 1. The van der Waals surface area contributed by atoms with Crippen molar-refractivity contribution in [2.45, 2.75) is 39.3 Å². The summed E-state index contributed by atoms with van der Waals surface area (Å²) in [6, 6.07) is 0.305. The summed E-state index contributed by atoms with van der Waals surface area (Å²) in [7, 11) is 0. The fourth-order valence-corrected chi connectivity index (χ4v) is 2.29. The van der Waals surface area contributed by atoms with E-state index in [9.17, 15) is 0 Å². The molecular weight excluding hydrogens is 192 g/mol. The third kappa shape index (κ3) is 3.78. The van der Waals surface area contributed by atoms with Gasteiger partial charge in [-0.15, -0.1) is 0 Å². The van der Waals surface area contributed by atoms with Gasteiger partial charge < -0.3 is 11.1 Å². The molecule has 0 saturated carbocycles. The molecule has 0 spiro atoms. The lowest BCUT2D eigenvalue weighted by Gasteiger charge is -2.11. The van der Waals surface area contributed by atoms with E-state index in [2.05, 4.69) is 29.9 Å². The van der Waals surface area contributed by atoms with Gasteiger partial charge in [0.25, 0.3) is 0 Å². The molecule has 80 valence electrons. The number of rotatable bonds is 6. The van der Waals surface area contributed by atoms with E-state index in [1.165, 1.54) is 17.5 Å². The summed E-state index contributed by atoms with van der Waals surface area (Å²) >= 11 is 1.76. The Morgan fingerprint density at radius 3 is 2.86 bits per heavy atom. The average molecular weight is 212 g/mol. The summed E-state index contributed by atoms with van der Waals surface area (Å²) in [5.41, 5.74) is 8.68. The molecule has 2 nitrogen and oxygen atoms in total. The Kier molecular flexibility index (Phi) is 5.15. The number of nitrogens with one attached hydrogen (secondary N) is 1. The van der Waals surface area contributed by atoms with Gasteiger partial charge in [-0.2, -0.15) is 11.3 Å². The minimum absolute atomic E-state index is 0.305. The topological polar surface area (TPSA) is 38.0 Å². The van der Waals surface area contributed by atoms with Gasteiger partial charge in [0.15, 0.2) is 0 Å². The summed E-state index contributed by atoms with van der Waals surface area (Å²) in [4.78, 5) is 0. The molecule has 1 heterocycles. The van der Waals surface area contributed by atoms with Crippen molar-refractivity contribution in [1.29, 1.82) is 0 Å². The van der Waals surface area contributed by atoms with Gasteiger partial charge in [0.1, 0.15) is 0 Å². The average Bonchev–Trinajstić information content (AvgIpc) is 2.52. The molecule has 0 fully saturated rings. The Balaban J connectivity index is 2.19. The van der Waals surface area contributed by atoms with Crippen LogP contribution in [0.4, 0.5) is 0 Å². The summed E-state index contributed by atoms with van der Waals surface area (Å²) < 4.78 is 0. The van der Waals surface area contributed by atoms with E-state index in [0.717, 1.165) is 19.5 Å². The number of aryl methyl sites for hydroxylation is 1. The van der Waals surface area contributed by atoms with Crippen LogP contribution in [0.25, 0.3) is 0 Å². The maximum Gasteiger partial charge on any atom is 0.0217 e. The van der Waals surface area contributed by atoms with Crippen molar-refractivity contribution in [2.75, 3.05) is 6.54 Å². The van der Waals surface area contributed by atoms with Crippen LogP contribution in [0.5, 0.6) is 0 Å². The molecule has 3 heteroatoms. The van der Waals surface area contributed by atoms with Gasteiger partial charge in [-0.25, -0.2) is 0 Å². The van der Waals surface area contributed by atoms with Crippen LogP contribution in [0.15, 0.2) is 10.8 Å². The summed E-state index contributed by atoms with van der Waals surface area (Å²) in [5.74, 6) is 0. The van der Waals surface area contributed by atoms with E-state index in [-0.39, 0.29) is 0 Å². The zero-order valence-electron chi connectivity index (χ0n) is 9.05. The summed E-state index contributed by atoms with van der Waals surface area (Å²) in [6.45, 7) is 6.19. The molecule has 0 aliphatic carbocycles. The van der Waals surface area contributed by atoms with Crippen molar-refractivity contribution < 1.29 is 0 Å². The predicted octanol–water partition coefficient (Wildman–Crippen LogP) is 2.27. The molecule has 0 saturated heterocycles. The highest BCUT2D eigenvalue weighted by molar-refractivity contribution is 7.08. The van der Waals surface area contributed by atoms with Crippen LogP contribution in [0.3, 0.4) is 0 Å². The molecule has 1 aromatic heterocycles. The van der Waals surface area contributed by atoms with E-state index in [4.69, 9.17) is 5.73 Å². The molecule has 0 amide bonds. The second-order valence-electron chi connectivity index (χ2n) is 3.76. The Hall–Kier alpha value is -0.380. The summed E-state index contributed by atoms with van der Waals surface area (Å²) in [5, 5.41) is 7.78. The Morgan fingerprint density at radius 1 is 1.50 bits per heavy atom. The van der Waals surface area contributed by atoms with Crippen LogP contribution < -0.4 is 11.1 Å². The standard InChI is InChI=1S/C11H20N2S/c1-3-4-11(12)6-13-5-10-8-14-7-9(10)2/h7-8,11,13H,3-6,12H2,1-2H3. The van der Waals surface area contributed by atoms with Crippen LogP contribution in [-0.2, 0) is 6.54 Å². The Morgan fingerprint density at radius 2 is 2.29 bits per heavy atom. The molecule has 14 heavy (non-hydrogen) atoms. The van der Waals surface area contributed by atoms with Crippen LogP contribution >= 0.6 is 11.3 Å². The van der Waals surface area contributed by atoms with Gasteiger partial charge in [0, 0.05) is 19.1 Å². The zero-order valence-corrected chi connectivity index (χ0v) is 9.86. The van der Waals surface area contributed by atoms with Crippen LogP contribution in [0.2, 0.25) is 0 Å². The first-order valence-electron chi connectivity index (χ1n) is 5.22. The first-order chi connectivity index (χ1) is 6.74. The van der Waals surface area contributed by atoms with Gasteiger partial charge in [0.05, 0.1) is 0 Å². The molecule has 0 bridgehead atoms. The normalized spacial score (nSPS) is 13.1. The second kappa shape index (κ2) is 6.17. The third-order valence-electron chi connectivity index (χ3n) is 2.34. The molecule has 0 aromatic carbocycles. The fourth-order valence-electron chi connectivity index (χ4n) is 1.43. The van der Waals surface area contributed by atoms with Crippen molar-refractivity contribution in [3.8, 4) is 0 Å². The highest BCUT2D eigenvalue weighted by Crippen LogP contribution is 2.12. The minimum atomic E-state index is 0.305.